The summed E-state index contributed by atoms with van der Waals surface area (Å²) in [6, 6.07) is 6.98. The van der Waals surface area contributed by atoms with Crippen LogP contribution < -0.4 is 10.1 Å². The Kier molecular flexibility index (Phi) is 6.74. The molecule has 0 aliphatic carbocycles. The molecule has 0 bridgehead atoms. The Hall–Kier alpha value is -2.87. The van der Waals surface area contributed by atoms with Crippen LogP contribution in [0.1, 0.15) is 20.8 Å². The Labute approximate surface area is 154 Å². The molecule has 7 nitrogen and oxygen atoms in total. The van der Waals surface area contributed by atoms with Crippen molar-refractivity contribution in [2.24, 2.45) is 0 Å². The SMILES string of the molecule is COC(=O)c1sccc1NC(=O)COC(=O)Cc1ccc(C)c(OC)c1. The van der Waals surface area contributed by atoms with E-state index in [-0.39, 0.29) is 11.3 Å². The molecule has 0 fully saturated rings. The van der Waals surface area contributed by atoms with E-state index in [0.29, 0.717) is 11.4 Å². The first-order chi connectivity index (χ1) is 12.4. The largest absolute Gasteiger partial charge is 0.496 e. The van der Waals surface area contributed by atoms with Crippen molar-refractivity contribution >= 4 is 34.9 Å². The molecular formula is C18H19NO6S. The average Bonchev–Trinajstić information content (AvgIpc) is 3.09. The minimum atomic E-state index is -0.541. The van der Waals surface area contributed by atoms with Gasteiger partial charge in [0.15, 0.2) is 6.61 Å². The molecule has 2 rings (SSSR count). The van der Waals surface area contributed by atoms with Gasteiger partial charge in [-0.3, -0.25) is 9.59 Å². The fraction of sp³-hybridized carbons (Fsp3) is 0.278. The highest BCUT2D eigenvalue weighted by molar-refractivity contribution is 7.12. The van der Waals surface area contributed by atoms with Crippen LogP contribution >= 0.6 is 11.3 Å². The van der Waals surface area contributed by atoms with E-state index in [4.69, 9.17) is 9.47 Å². The second kappa shape index (κ2) is 9.00. The number of ether oxygens (including phenoxy) is 3. The second-order valence-electron chi connectivity index (χ2n) is 5.34. The van der Waals surface area contributed by atoms with Gasteiger partial charge in [-0.05, 0) is 35.6 Å². The number of benzene rings is 1. The number of rotatable bonds is 7. The van der Waals surface area contributed by atoms with E-state index in [9.17, 15) is 14.4 Å². The Morgan fingerprint density at radius 3 is 2.62 bits per heavy atom. The molecule has 2 aromatic rings. The lowest BCUT2D eigenvalue weighted by Crippen LogP contribution is -2.22. The molecule has 1 heterocycles. The summed E-state index contributed by atoms with van der Waals surface area (Å²) < 4.78 is 14.8. The first-order valence-corrected chi connectivity index (χ1v) is 8.57. The van der Waals surface area contributed by atoms with E-state index in [1.807, 2.05) is 13.0 Å². The van der Waals surface area contributed by atoms with Crippen LogP contribution in [0.4, 0.5) is 5.69 Å². The van der Waals surface area contributed by atoms with Crippen molar-refractivity contribution in [2.75, 3.05) is 26.1 Å². The molecule has 0 unspecified atom stereocenters. The van der Waals surface area contributed by atoms with Gasteiger partial charge < -0.3 is 19.5 Å². The Balaban J connectivity index is 1.86. The van der Waals surface area contributed by atoms with Gasteiger partial charge in [0, 0.05) is 0 Å². The molecule has 0 aliphatic rings. The average molecular weight is 377 g/mol. The van der Waals surface area contributed by atoms with Crippen LogP contribution in [0.2, 0.25) is 0 Å². The minimum absolute atomic E-state index is 0.0236. The number of carbonyl (C=O) groups is 3. The van der Waals surface area contributed by atoms with Crippen LogP contribution in [0.25, 0.3) is 0 Å². The van der Waals surface area contributed by atoms with Crippen LogP contribution in [-0.4, -0.2) is 38.7 Å². The van der Waals surface area contributed by atoms with Crippen molar-refractivity contribution < 1.29 is 28.6 Å². The minimum Gasteiger partial charge on any atom is -0.496 e. The van der Waals surface area contributed by atoms with E-state index < -0.39 is 24.5 Å². The van der Waals surface area contributed by atoms with Crippen molar-refractivity contribution in [3.63, 3.8) is 0 Å². The monoisotopic (exact) mass is 377 g/mol. The fourth-order valence-electron chi connectivity index (χ4n) is 2.18. The van der Waals surface area contributed by atoms with Crippen molar-refractivity contribution in [2.45, 2.75) is 13.3 Å². The fourth-order valence-corrected chi connectivity index (χ4v) is 2.95. The molecule has 0 saturated carbocycles. The molecule has 0 aliphatic heterocycles. The van der Waals surface area contributed by atoms with Crippen molar-refractivity contribution in [3.05, 3.63) is 45.6 Å². The van der Waals surface area contributed by atoms with Gasteiger partial charge in [0.2, 0.25) is 0 Å². The molecule has 8 heteroatoms. The van der Waals surface area contributed by atoms with Crippen LogP contribution in [0.3, 0.4) is 0 Å². The summed E-state index contributed by atoms with van der Waals surface area (Å²) in [6.45, 7) is 1.45. The zero-order chi connectivity index (χ0) is 19.1. The van der Waals surface area contributed by atoms with Crippen LogP contribution in [0, 0.1) is 6.92 Å². The van der Waals surface area contributed by atoms with Gasteiger partial charge >= 0.3 is 11.9 Å². The second-order valence-corrected chi connectivity index (χ2v) is 6.26. The molecule has 0 saturated heterocycles. The number of thiophene rings is 1. The number of nitrogens with one attached hydrogen (secondary N) is 1. The van der Waals surface area contributed by atoms with Gasteiger partial charge in [-0.1, -0.05) is 12.1 Å². The normalized spacial score (nSPS) is 10.1. The molecule has 1 aromatic carbocycles. The van der Waals surface area contributed by atoms with E-state index in [1.54, 1.807) is 30.7 Å². The van der Waals surface area contributed by atoms with Crippen molar-refractivity contribution in [3.8, 4) is 5.75 Å². The summed E-state index contributed by atoms with van der Waals surface area (Å²) >= 11 is 1.15. The third-order valence-corrected chi connectivity index (χ3v) is 4.39. The number of carbonyl (C=O) groups excluding carboxylic acids is 3. The predicted molar refractivity (Wildman–Crippen MR) is 96.7 cm³/mol. The van der Waals surface area contributed by atoms with Crippen LogP contribution in [0.15, 0.2) is 29.6 Å². The lowest BCUT2D eigenvalue weighted by atomic mass is 10.1. The zero-order valence-corrected chi connectivity index (χ0v) is 15.5. The first kappa shape index (κ1) is 19.5. The highest BCUT2D eigenvalue weighted by Gasteiger charge is 2.16. The lowest BCUT2D eigenvalue weighted by Gasteiger charge is -2.09. The first-order valence-electron chi connectivity index (χ1n) is 7.69. The Morgan fingerprint density at radius 1 is 1.15 bits per heavy atom. The number of anilines is 1. The maximum atomic E-state index is 11.9. The zero-order valence-electron chi connectivity index (χ0n) is 14.7. The van der Waals surface area contributed by atoms with Crippen LogP contribution in [0.5, 0.6) is 5.75 Å². The Morgan fingerprint density at radius 2 is 1.92 bits per heavy atom. The summed E-state index contributed by atoms with van der Waals surface area (Å²) in [6.07, 6.45) is 0.0236. The van der Waals surface area contributed by atoms with Gasteiger partial charge in [0.05, 0.1) is 26.3 Å². The lowest BCUT2D eigenvalue weighted by molar-refractivity contribution is -0.146. The highest BCUT2D eigenvalue weighted by atomic mass is 32.1. The highest BCUT2D eigenvalue weighted by Crippen LogP contribution is 2.23. The predicted octanol–water partition coefficient (Wildman–Crippen LogP) is 2.58. The van der Waals surface area contributed by atoms with E-state index in [0.717, 1.165) is 22.5 Å². The summed E-state index contributed by atoms with van der Waals surface area (Å²) in [5.74, 6) is -0.936. The molecule has 1 amide bonds. The van der Waals surface area contributed by atoms with Gasteiger partial charge in [0.1, 0.15) is 10.6 Å². The molecule has 26 heavy (non-hydrogen) atoms. The maximum absolute atomic E-state index is 11.9. The quantitative estimate of drug-likeness (QED) is 0.746. The number of amides is 1. The molecule has 1 N–H and O–H groups in total. The number of hydrogen-bond acceptors (Lipinski definition) is 7. The van der Waals surface area contributed by atoms with Crippen molar-refractivity contribution in [1.82, 2.24) is 0 Å². The van der Waals surface area contributed by atoms with E-state index in [1.165, 1.54) is 7.11 Å². The summed E-state index contributed by atoms with van der Waals surface area (Å²) in [5, 5.41) is 4.18. The summed E-state index contributed by atoms with van der Waals surface area (Å²) in [4.78, 5) is 35.7. The molecule has 0 atom stereocenters. The Bertz CT molecular complexity index is 814. The van der Waals surface area contributed by atoms with Gasteiger partial charge in [-0.25, -0.2) is 4.79 Å². The molecule has 1 aromatic heterocycles. The van der Waals surface area contributed by atoms with Gasteiger partial charge in [-0.2, -0.15) is 0 Å². The standard InChI is InChI=1S/C18H19NO6S/c1-11-4-5-12(8-14(11)23-2)9-16(21)25-10-15(20)19-13-6-7-26-17(13)18(22)24-3/h4-8H,9-10H2,1-3H3,(H,19,20). The van der Waals surface area contributed by atoms with Gasteiger partial charge in [0.25, 0.3) is 5.91 Å². The van der Waals surface area contributed by atoms with Crippen molar-refractivity contribution in [1.29, 1.82) is 0 Å². The topological polar surface area (TPSA) is 90.9 Å². The maximum Gasteiger partial charge on any atom is 0.350 e. The smallest absolute Gasteiger partial charge is 0.350 e. The number of methoxy groups -OCH3 is 2. The molecule has 138 valence electrons. The number of esters is 2. The van der Waals surface area contributed by atoms with Gasteiger partial charge in [-0.15, -0.1) is 11.3 Å². The molecule has 0 spiro atoms. The molecule has 0 radical (unpaired) electrons. The third-order valence-electron chi connectivity index (χ3n) is 3.50. The molecular weight excluding hydrogens is 358 g/mol. The third kappa shape index (κ3) is 5.06. The summed E-state index contributed by atoms with van der Waals surface area (Å²) in [7, 11) is 2.82. The number of aryl methyl sites for hydroxylation is 1. The van der Waals surface area contributed by atoms with E-state index in [2.05, 4.69) is 10.1 Å². The van der Waals surface area contributed by atoms with E-state index >= 15 is 0 Å². The van der Waals surface area contributed by atoms with Crippen LogP contribution in [-0.2, 0) is 25.5 Å². The number of hydrogen-bond donors (Lipinski definition) is 1. The summed E-state index contributed by atoms with van der Waals surface area (Å²) in [5.41, 5.74) is 2.01.